The van der Waals surface area contributed by atoms with E-state index in [9.17, 15) is 9.59 Å². The van der Waals surface area contributed by atoms with E-state index in [4.69, 9.17) is 5.73 Å². The summed E-state index contributed by atoms with van der Waals surface area (Å²) < 4.78 is 0. The average molecular weight is 255 g/mol. The summed E-state index contributed by atoms with van der Waals surface area (Å²) in [4.78, 5) is 23.2. The molecule has 1 aliphatic rings. The second kappa shape index (κ2) is 7.36. The van der Waals surface area contributed by atoms with Crippen molar-refractivity contribution >= 4 is 11.8 Å². The summed E-state index contributed by atoms with van der Waals surface area (Å²) in [5, 5.41) is 5.68. The molecule has 0 aromatic heterocycles. The Hall–Kier alpha value is -1.10. The van der Waals surface area contributed by atoms with E-state index in [1.807, 2.05) is 13.8 Å². The third kappa shape index (κ3) is 5.04. The van der Waals surface area contributed by atoms with E-state index in [1.165, 1.54) is 0 Å². The number of amides is 2. The first-order chi connectivity index (χ1) is 8.52. The molecule has 0 aliphatic heterocycles. The van der Waals surface area contributed by atoms with Gasteiger partial charge >= 0.3 is 0 Å². The molecule has 0 aromatic rings. The predicted octanol–water partition coefficient (Wildman–Crippen LogP) is 0.535. The molecular weight excluding hydrogens is 230 g/mol. The van der Waals surface area contributed by atoms with Crippen molar-refractivity contribution in [3.8, 4) is 0 Å². The summed E-state index contributed by atoms with van der Waals surface area (Å²) in [6, 6.07) is 0.357. The van der Waals surface area contributed by atoms with Gasteiger partial charge in [-0.2, -0.15) is 0 Å². The van der Waals surface area contributed by atoms with E-state index >= 15 is 0 Å². The molecule has 5 heteroatoms. The smallest absolute Gasteiger partial charge is 0.223 e. The highest BCUT2D eigenvalue weighted by Gasteiger charge is 2.27. The van der Waals surface area contributed by atoms with Crippen molar-refractivity contribution in [2.24, 2.45) is 11.7 Å². The normalized spacial score (nSPS) is 24.6. The van der Waals surface area contributed by atoms with Crippen molar-refractivity contribution in [2.75, 3.05) is 6.54 Å². The predicted molar refractivity (Wildman–Crippen MR) is 70.8 cm³/mol. The van der Waals surface area contributed by atoms with Gasteiger partial charge in [-0.15, -0.1) is 0 Å². The van der Waals surface area contributed by atoms with Crippen LogP contribution in [0.5, 0.6) is 0 Å². The van der Waals surface area contributed by atoms with E-state index in [-0.39, 0.29) is 29.8 Å². The summed E-state index contributed by atoms with van der Waals surface area (Å²) in [6.07, 6.45) is 3.82. The maximum absolute atomic E-state index is 11.8. The van der Waals surface area contributed by atoms with Crippen LogP contribution >= 0.6 is 0 Å². The van der Waals surface area contributed by atoms with Crippen molar-refractivity contribution in [3.63, 3.8) is 0 Å². The molecular formula is C13H25N3O2. The number of rotatable bonds is 6. The van der Waals surface area contributed by atoms with Crippen LogP contribution < -0.4 is 16.4 Å². The highest BCUT2D eigenvalue weighted by molar-refractivity contribution is 5.80. The second-order valence-electron chi connectivity index (χ2n) is 5.19. The molecule has 3 atom stereocenters. The molecule has 0 bridgehead atoms. The Bertz CT molecular complexity index is 294. The Morgan fingerprint density at radius 1 is 1.39 bits per heavy atom. The Balaban J connectivity index is 2.13. The van der Waals surface area contributed by atoms with Gasteiger partial charge in [0.1, 0.15) is 0 Å². The average Bonchev–Trinajstić information content (AvgIpc) is 2.75. The summed E-state index contributed by atoms with van der Waals surface area (Å²) in [5.41, 5.74) is 5.77. The number of nitrogens with two attached hydrogens (primary N) is 1. The second-order valence-corrected chi connectivity index (χ2v) is 5.19. The van der Waals surface area contributed by atoms with Crippen LogP contribution in [0.1, 0.15) is 46.0 Å². The van der Waals surface area contributed by atoms with Crippen LogP contribution in [0, 0.1) is 5.92 Å². The van der Waals surface area contributed by atoms with Crippen molar-refractivity contribution < 1.29 is 9.59 Å². The van der Waals surface area contributed by atoms with E-state index in [0.29, 0.717) is 13.0 Å². The van der Waals surface area contributed by atoms with Gasteiger partial charge in [0.05, 0.1) is 0 Å². The first-order valence-corrected chi connectivity index (χ1v) is 6.85. The molecule has 4 N–H and O–H groups in total. The van der Waals surface area contributed by atoms with E-state index in [1.54, 1.807) is 0 Å². The largest absolute Gasteiger partial charge is 0.355 e. The Kier molecular flexibility index (Phi) is 6.12. The van der Waals surface area contributed by atoms with Gasteiger partial charge in [0.25, 0.3) is 0 Å². The molecule has 1 rings (SSSR count). The molecule has 2 amide bonds. The van der Waals surface area contributed by atoms with Crippen molar-refractivity contribution in [1.29, 1.82) is 0 Å². The van der Waals surface area contributed by atoms with Crippen LogP contribution in [-0.2, 0) is 9.59 Å². The number of hydrogen-bond acceptors (Lipinski definition) is 3. The standard InChI is InChI=1S/C13H25N3O2/c1-3-9(2)16-12(17)6-7-15-13(18)10-4-5-11(14)8-10/h9-11H,3-8,14H2,1-2H3,(H,15,18)(H,16,17). The number of carbonyl (C=O) groups is 2. The number of carbonyl (C=O) groups excluding carboxylic acids is 2. The fourth-order valence-corrected chi connectivity index (χ4v) is 2.15. The van der Waals surface area contributed by atoms with Crippen LogP contribution in [0.15, 0.2) is 0 Å². The molecule has 1 saturated carbocycles. The molecule has 1 aliphatic carbocycles. The lowest BCUT2D eigenvalue weighted by Crippen LogP contribution is -2.36. The summed E-state index contributed by atoms with van der Waals surface area (Å²) in [5.74, 6) is 0.0738. The van der Waals surface area contributed by atoms with Crippen LogP contribution in [-0.4, -0.2) is 30.4 Å². The minimum atomic E-state index is -0.00669. The van der Waals surface area contributed by atoms with Gasteiger partial charge in [-0.25, -0.2) is 0 Å². The van der Waals surface area contributed by atoms with Gasteiger partial charge < -0.3 is 16.4 Å². The van der Waals surface area contributed by atoms with Gasteiger partial charge in [-0.3, -0.25) is 9.59 Å². The quantitative estimate of drug-likeness (QED) is 0.647. The van der Waals surface area contributed by atoms with Gasteiger partial charge in [0.2, 0.25) is 11.8 Å². The van der Waals surface area contributed by atoms with Gasteiger partial charge in [-0.1, -0.05) is 6.92 Å². The molecule has 18 heavy (non-hydrogen) atoms. The molecule has 0 saturated heterocycles. The van der Waals surface area contributed by atoms with Crippen LogP contribution in [0.4, 0.5) is 0 Å². The molecule has 1 fully saturated rings. The van der Waals surface area contributed by atoms with E-state index in [0.717, 1.165) is 25.7 Å². The minimum absolute atomic E-state index is 0.00669. The highest BCUT2D eigenvalue weighted by Crippen LogP contribution is 2.23. The molecule has 3 unspecified atom stereocenters. The molecule has 0 spiro atoms. The first-order valence-electron chi connectivity index (χ1n) is 6.85. The monoisotopic (exact) mass is 255 g/mol. The maximum Gasteiger partial charge on any atom is 0.223 e. The zero-order valence-corrected chi connectivity index (χ0v) is 11.4. The van der Waals surface area contributed by atoms with Crippen LogP contribution in [0.3, 0.4) is 0 Å². The Morgan fingerprint density at radius 3 is 2.67 bits per heavy atom. The highest BCUT2D eigenvalue weighted by atomic mass is 16.2. The lowest BCUT2D eigenvalue weighted by molar-refractivity contribution is -0.125. The summed E-state index contributed by atoms with van der Waals surface area (Å²) >= 11 is 0. The van der Waals surface area contributed by atoms with Crippen molar-refractivity contribution in [2.45, 2.75) is 58.0 Å². The van der Waals surface area contributed by atoms with Gasteiger partial charge in [-0.05, 0) is 32.6 Å². The number of hydrogen-bond donors (Lipinski definition) is 3. The molecule has 0 heterocycles. The Morgan fingerprint density at radius 2 is 2.11 bits per heavy atom. The zero-order chi connectivity index (χ0) is 13.5. The third-order valence-electron chi connectivity index (χ3n) is 3.52. The molecule has 0 aromatic carbocycles. The Labute approximate surface area is 109 Å². The SMILES string of the molecule is CCC(C)NC(=O)CCNC(=O)C1CCC(N)C1. The van der Waals surface area contributed by atoms with E-state index in [2.05, 4.69) is 10.6 Å². The maximum atomic E-state index is 11.8. The first kappa shape index (κ1) is 15.0. The lowest BCUT2D eigenvalue weighted by atomic mass is 10.1. The zero-order valence-electron chi connectivity index (χ0n) is 11.4. The molecule has 0 radical (unpaired) electrons. The topological polar surface area (TPSA) is 84.2 Å². The van der Waals surface area contributed by atoms with Crippen LogP contribution in [0.2, 0.25) is 0 Å². The lowest BCUT2D eigenvalue weighted by Gasteiger charge is -2.13. The minimum Gasteiger partial charge on any atom is -0.355 e. The van der Waals surface area contributed by atoms with Gasteiger partial charge in [0.15, 0.2) is 0 Å². The fourth-order valence-electron chi connectivity index (χ4n) is 2.15. The molecule has 5 nitrogen and oxygen atoms in total. The van der Waals surface area contributed by atoms with Crippen molar-refractivity contribution in [3.05, 3.63) is 0 Å². The van der Waals surface area contributed by atoms with Gasteiger partial charge in [0, 0.05) is 31.0 Å². The summed E-state index contributed by atoms with van der Waals surface area (Å²) in [6.45, 7) is 4.40. The third-order valence-corrected chi connectivity index (χ3v) is 3.52. The fraction of sp³-hybridized carbons (Fsp3) is 0.846. The summed E-state index contributed by atoms with van der Waals surface area (Å²) in [7, 11) is 0. The van der Waals surface area contributed by atoms with Crippen molar-refractivity contribution in [1.82, 2.24) is 10.6 Å². The van der Waals surface area contributed by atoms with Crippen LogP contribution in [0.25, 0.3) is 0 Å². The van der Waals surface area contributed by atoms with E-state index < -0.39 is 0 Å². The molecule has 104 valence electrons. The number of nitrogens with one attached hydrogen (secondary N) is 2.